The standard InChI is InChI=1S/C18H12F3N5O/c19-18(20,21)12-7-14(10-4-6-27-9-10)25-17-11(12)1-2-16-24-15(8-26(16)17)13(23)3-5-22/h1-2,4-9,22-23H,3H2. The van der Waals surface area contributed by atoms with Gasteiger partial charge in [-0.15, -0.1) is 0 Å². The number of alkyl halides is 3. The molecule has 0 aromatic carbocycles. The zero-order valence-corrected chi connectivity index (χ0v) is 13.7. The number of pyridine rings is 2. The van der Waals surface area contributed by atoms with Crippen LogP contribution in [-0.2, 0) is 6.18 Å². The molecule has 0 radical (unpaired) electrons. The second-order valence-electron chi connectivity index (χ2n) is 5.88. The number of hydrogen-bond donors (Lipinski definition) is 2. The quantitative estimate of drug-likeness (QED) is 0.515. The van der Waals surface area contributed by atoms with Crippen molar-refractivity contribution in [3.63, 3.8) is 0 Å². The van der Waals surface area contributed by atoms with E-state index < -0.39 is 11.7 Å². The zero-order chi connectivity index (χ0) is 19.2. The van der Waals surface area contributed by atoms with Crippen molar-refractivity contribution >= 4 is 28.6 Å². The van der Waals surface area contributed by atoms with E-state index >= 15 is 0 Å². The normalized spacial score (nSPS) is 12.0. The van der Waals surface area contributed by atoms with Crippen LogP contribution in [0.4, 0.5) is 13.2 Å². The first-order valence-corrected chi connectivity index (χ1v) is 7.88. The van der Waals surface area contributed by atoms with Crippen LogP contribution in [0.15, 0.2) is 47.4 Å². The fourth-order valence-electron chi connectivity index (χ4n) is 2.87. The Balaban J connectivity index is 2.05. The summed E-state index contributed by atoms with van der Waals surface area (Å²) in [6.45, 7) is 0. The topological polar surface area (TPSA) is 91.0 Å². The van der Waals surface area contributed by atoms with Gasteiger partial charge in [-0.3, -0.25) is 4.40 Å². The Morgan fingerprint density at radius 1 is 1.22 bits per heavy atom. The number of aromatic nitrogens is 3. The molecular formula is C18H12F3N5O. The Labute approximate surface area is 150 Å². The van der Waals surface area contributed by atoms with Crippen LogP contribution in [-0.4, -0.2) is 26.3 Å². The summed E-state index contributed by atoms with van der Waals surface area (Å²) < 4.78 is 47.3. The molecular weight excluding hydrogens is 359 g/mol. The van der Waals surface area contributed by atoms with E-state index in [-0.39, 0.29) is 34.6 Å². The van der Waals surface area contributed by atoms with Gasteiger partial charge >= 0.3 is 6.18 Å². The van der Waals surface area contributed by atoms with Gasteiger partial charge in [0.15, 0.2) is 0 Å². The number of furan rings is 1. The molecule has 6 nitrogen and oxygen atoms in total. The van der Waals surface area contributed by atoms with E-state index in [2.05, 4.69) is 9.97 Å². The Kier molecular flexibility index (Phi) is 3.79. The van der Waals surface area contributed by atoms with Crippen molar-refractivity contribution in [3.8, 4) is 11.3 Å². The Morgan fingerprint density at radius 2 is 2.04 bits per heavy atom. The maximum absolute atomic E-state index is 13.6. The predicted octanol–water partition coefficient (Wildman–Crippen LogP) is 4.57. The molecule has 4 heterocycles. The highest BCUT2D eigenvalue weighted by Gasteiger charge is 2.34. The van der Waals surface area contributed by atoms with Crippen LogP contribution in [0.25, 0.3) is 27.9 Å². The van der Waals surface area contributed by atoms with E-state index in [1.807, 2.05) is 0 Å². The van der Waals surface area contributed by atoms with E-state index in [1.54, 1.807) is 0 Å². The van der Waals surface area contributed by atoms with Crippen molar-refractivity contribution in [2.75, 3.05) is 0 Å². The van der Waals surface area contributed by atoms with E-state index in [0.29, 0.717) is 11.2 Å². The number of rotatable bonds is 4. The average Bonchev–Trinajstić information content (AvgIpc) is 3.29. The third-order valence-electron chi connectivity index (χ3n) is 4.14. The fourth-order valence-corrected chi connectivity index (χ4v) is 2.87. The van der Waals surface area contributed by atoms with Gasteiger partial charge < -0.3 is 15.2 Å². The molecule has 4 aromatic rings. The summed E-state index contributed by atoms with van der Waals surface area (Å²) in [6, 6.07) is 5.32. The van der Waals surface area contributed by atoms with E-state index in [1.165, 1.54) is 41.3 Å². The summed E-state index contributed by atoms with van der Waals surface area (Å²) in [5.74, 6) is 0. The molecule has 4 aromatic heterocycles. The minimum atomic E-state index is -4.57. The van der Waals surface area contributed by atoms with Crippen LogP contribution in [0.2, 0.25) is 0 Å². The van der Waals surface area contributed by atoms with Crippen molar-refractivity contribution in [1.82, 2.24) is 14.4 Å². The van der Waals surface area contributed by atoms with E-state index in [0.717, 1.165) is 12.3 Å². The first-order valence-electron chi connectivity index (χ1n) is 7.88. The minimum absolute atomic E-state index is 0.0650. The zero-order valence-electron chi connectivity index (χ0n) is 13.7. The van der Waals surface area contributed by atoms with Crippen LogP contribution in [0.1, 0.15) is 17.7 Å². The molecule has 0 unspecified atom stereocenters. The molecule has 0 aliphatic rings. The number of hydrogen-bond acceptors (Lipinski definition) is 5. The lowest BCUT2D eigenvalue weighted by molar-refractivity contribution is -0.136. The maximum Gasteiger partial charge on any atom is 0.417 e. The molecule has 0 fully saturated rings. The van der Waals surface area contributed by atoms with E-state index in [9.17, 15) is 13.2 Å². The minimum Gasteiger partial charge on any atom is -0.472 e. The summed E-state index contributed by atoms with van der Waals surface area (Å²) in [6.07, 6.45) is 0.751. The van der Waals surface area contributed by atoms with E-state index in [4.69, 9.17) is 15.2 Å². The highest BCUT2D eigenvalue weighted by atomic mass is 19.4. The number of nitrogens with zero attached hydrogens (tertiary/aromatic N) is 3. The first-order chi connectivity index (χ1) is 12.9. The van der Waals surface area contributed by atoms with Gasteiger partial charge in [0.05, 0.1) is 29.5 Å². The van der Waals surface area contributed by atoms with Crippen molar-refractivity contribution in [3.05, 3.63) is 54.2 Å². The molecule has 4 rings (SSSR count). The van der Waals surface area contributed by atoms with Gasteiger partial charge in [0.1, 0.15) is 17.0 Å². The van der Waals surface area contributed by atoms with Crippen LogP contribution in [0, 0.1) is 10.8 Å². The summed E-state index contributed by atoms with van der Waals surface area (Å²) in [4.78, 5) is 8.65. The predicted molar refractivity (Wildman–Crippen MR) is 93.4 cm³/mol. The van der Waals surface area contributed by atoms with Gasteiger partial charge in [0.2, 0.25) is 0 Å². The van der Waals surface area contributed by atoms with Gasteiger partial charge in [-0.1, -0.05) is 0 Å². The molecule has 2 N–H and O–H groups in total. The van der Waals surface area contributed by atoms with Crippen molar-refractivity contribution in [2.24, 2.45) is 0 Å². The van der Waals surface area contributed by atoms with Crippen LogP contribution < -0.4 is 0 Å². The van der Waals surface area contributed by atoms with Crippen molar-refractivity contribution < 1.29 is 17.6 Å². The fraction of sp³-hybridized carbons (Fsp3) is 0.111. The number of imidazole rings is 1. The molecule has 0 saturated heterocycles. The molecule has 0 amide bonds. The second-order valence-corrected chi connectivity index (χ2v) is 5.88. The SMILES string of the molecule is N=CCC(=N)c1cn2c(ccc3c(C(F)(F)F)cc(-c4ccoc4)nc32)n1. The summed E-state index contributed by atoms with van der Waals surface area (Å²) >= 11 is 0. The third-order valence-corrected chi connectivity index (χ3v) is 4.14. The molecule has 27 heavy (non-hydrogen) atoms. The summed E-state index contributed by atoms with van der Waals surface area (Å²) in [5, 5.41) is 15.0. The molecule has 9 heteroatoms. The highest BCUT2D eigenvalue weighted by Crippen LogP contribution is 2.37. The van der Waals surface area contributed by atoms with Crippen molar-refractivity contribution in [2.45, 2.75) is 12.6 Å². The Hall–Kier alpha value is -3.49. The number of nitrogens with one attached hydrogen (secondary N) is 2. The van der Waals surface area contributed by atoms with Gasteiger partial charge in [-0.05, 0) is 24.3 Å². The first kappa shape index (κ1) is 17.0. The van der Waals surface area contributed by atoms with Gasteiger partial charge in [-0.2, -0.15) is 13.2 Å². The molecule has 0 aliphatic heterocycles. The average molecular weight is 371 g/mol. The largest absolute Gasteiger partial charge is 0.472 e. The molecule has 0 atom stereocenters. The Morgan fingerprint density at radius 3 is 2.70 bits per heavy atom. The lowest BCUT2D eigenvalue weighted by Gasteiger charge is -2.12. The van der Waals surface area contributed by atoms with Gasteiger partial charge in [-0.25, -0.2) is 9.97 Å². The molecule has 0 bridgehead atoms. The smallest absolute Gasteiger partial charge is 0.417 e. The highest BCUT2D eigenvalue weighted by molar-refractivity contribution is 6.04. The lowest BCUT2D eigenvalue weighted by Crippen LogP contribution is -2.08. The van der Waals surface area contributed by atoms with Gasteiger partial charge in [0, 0.05) is 29.8 Å². The maximum atomic E-state index is 13.6. The molecule has 0 saturated carbocycles. The molecule has 136 valence electrons. The molecule has 0 aliphatic carbocycles. The van der Waals surface area contributed by atoms with Crippen LogP contribution in [0.3, 0.4) is 0 Å². The summed E-state index contributed by atoms with van der Waals surface area (Å²) in [5.41, 5.74) is 0.587. The third kappa shape index (κ3) is 2.86. The molecule has 0 spiro atoms. The van der Waals surface area contributed by atoms with Crippen LogP contribution >= 0.6 is 0 Å². The second kappa shape index (κ2) is 6.04. The Bertz CT molecular complexity index is 1180. The number of fused-ring (bicyclic) bond motifs is 3. The number of halogens is 3. The van der Waals surface area contributed by atoms with Crippen LogP contribution in [0.5, 0.6) is 0 Å². The monoisotopic (exact) mass is 371 g/mol. The summed E-state index contributed by atoms with van der Waals surface area (Å²) in [7, 11) is 0. The van der Waals surface area contributed by atoms with Gasteiger partial charge in [0.25, 0.3) is 0 Å². The van der Waals surface area contributed by atoms with Crippen molar-refractivity contribution in [1.29, 1.82) is 10.8 Å². The lowest BCUT2D eigenvalue weighted by atomic mass is 10.1.